The van der Waals surface area contributed by atoms with Crippen molar-refractivity contribution in [2.45, 2.75) is 31.5 Å². The van der Waals surface area contributed by atoms with Crippen LogP contribution in [0.3, 0.4) is 0 Å². The number of nitrogens with zero attached hydrogens (tertiary/aromatic N) is 3. The number of β-amino-alcohol motifs (C(OH)–C–C–N with tert-alkyl or cyclic N) is 1. The second-order valence-corrected chi connectivity index (χ2v) is 6.24. The van der Waals surface area contributed by atoms with Crippen LogP contribution in [0.2, 0.25) is 0 Å². The molecule has 0 aliphatic carbocycles. The molecular weight excluding hydrogens is 292 g/mol. The topological polar surface area (TPSA) is 84.4 Å². The van der Waals surface area contributed by atoms with Crippen molar-refractivity contribution in [3.8, 4) is 0 Å². The Morgan fingerprint density at radius 3 is 2.78 bits per heavy atom. The molecule has 3 N–H and O–H groups in total. The summed E-state index contributed by atoms with van der Waals surface area (Å²) in [7, 11) is 0. The summed E-state index contributed by atoms with van der Waals surface area (Å²) in [4.78, 5) is 13.5. The molecule has 1 amide bonds. The highest BCUT2D eigenvalue weighted by molar-refractivity contribution is 5.83. The maximum Gasteiger partial charge on any atom is 0.250 e. The number of piperidine rings is 1. The smallest absolute Gasteiger partial charge is 0.250 e. The van der Waals surface area contributed by atoms with E-state index in [0.717, 1.165) is 25.1 Å². The number of hydrogen-bond acceptors (Lipinski definition) is 4. The van der Waals surface area contributed by atoms with Gasteiger partial charge < -0.3 is 10.8 Å². The number of aromatic nitrogens is 2. The third-order valence-corrected chi connectivity index (χ3v) is 4.29. The Hall–Kier alpha value is -2.18. The number of rotatable bonds is 5. The highest BCUT2D eigenvalue weighted by Crippen LogP contribution is 2.22. The zero-order valence-corrected chi connectivity index (χ0v) is 13.1. The van der Waals surface area contributed by atoms with Crippen molar-refractivity contribution in [3.05, 3.63) is 53.9 Å². The van der Waals surface area contributed by atoms with Gasteiger partial charge >= 0.3 is 0 Å². The van der Waals surface area contributed by atoms with Gasteiger partial charge in [-0.1, -0.05) is 30.3 Å². The van der Waals surface area contributed by atoms with Crippen LogP contribution in [0.15, 0.2) is 42.7 Å². The molecule has 0 saturated carbocycles. The average Bonchev–Trinajstić information content (AvgIpc) is 2.95. The molecule has 6 heteroatoms. The third-order valence-electron chi connectivity index (χ3n) is 4.29. The van der Waals surface area contributed by atoms with Gasteiger partial charge in [-0.25, -0.2) is 0 Å². The molecule has 6 nitrogen and oxygen atoms in total. The van der Waals surface area contributed by atoms with E-state index in [1.807, 2.05) is 35.3 Å². The average molecular weight is 314 g/mol. The molecule has 1 aromatic heterocycles. The lowest BCUT2D eigenvalue weighted by atomic mass is 9.92. The van der Waals surface area contributed by atoms with Crippen LogP contribution >= 0.6 is 0 Å². The number of primary amides is 1. The van der Waals surface area contributed by atoms with E-state index in [1.54, 1.807) is 0 Å². The summed E-state index contributed by atoms with van der Waals surface area (Å²) in [5.74, 6) is -0.637. The molecule has 1 fully saturated rings. The largest absolute Gasteiger partial charge is 0.379 e. The molecule has 2 aromatic rings. The molecule has 1 aromatic carbocycles. The minimum atomic E-state index is -1.40. The SMILES string of the molecule is NC(=O)C1(O)CCCN(Cc2cnn(Cc3ccccc3)c2)C1. The normalized spacial score (nSPS) is 22.1. The standard InChI is InChI=1S/C17H22N4O2/c18-16(22)17(23)7-4-8-20(13-17)10-15-9-19-21(12-15)11-14-5-2-1-3-6-14/h1-3,5-6,9,12,23H,4,7-8,10-11,13H2,(H2,18,22). The van der Waals surface area contributed by atoms with Crippen molar-refractivity contribution in [3.63, 3.8) is 0 Å². The summed E-state index contributed by atoms with van der Waals surface area (Å²) < 4.78 is 1.90. The van der Waals surface area contributed by atoms with Gasteiger partial charge in [0.25, 0.3) is 5.91 Å². The van der Waals surface area contributed by atoms with E-state index < -0.39 is 11.5 Å². The van der Waals surface area contributed by atoms with E-state index in [1.165, 1.54) is 5.56 Å². The van der Waals surface area contributed by atoms with Gasteiger partial charge in [0, 0.05) is 24.8 Å². The lowest BCUT2D eigenvalue weighted by Crippen LogP contribution is -2.55. The second-order valence-electron chi connectivity index (χ2n) is 6.24. The fraction of sp³-hybridized carbons (Fsp3) is 0.412. The second kappa shape index (κ2) is 6.52. The van der Waals surface area contributed by atoms with Crippen LogP contribution in [-0.4, -0.2) is 44.4 Å². The Labute approximate surface area is 135 Å². The number of aliphatic hydroxyl groups is 1. The fourth-order valence-electron chi connectivity index (χ4n) is 3.06. The minimum Gasteiger partial charge on any atom is -0.379 e. The Bertz CT molecular complexity index is 670. The van der Waals surface area contributed by atoms with E-state index in [2.05, 4.69) is 22.1 Å². The maximum atomic E-state index is 11.4. The zero-order chi connectivity index (χ0) is 16.3. The summed E-state index contributed by atoms with van der Waals surface area (Å²) in [5.41, 5.74) is 6.17. The summed E-state index contributed by atoms with van der Waals surface area (Å²) in [5, 5.41) is 14.6. The molecule has 0 bridgehead atoms. The van der Waals surface area contributed by atoms with Crippen LogP contribution in [0, 0.1) is 0 Å². The molecule has 0 radical (unpaired) electrons. The Morgan fingerprint density at radius 2 is 2.04 bits per heavy atom. The number of benzene rings is 1. The summed E-state index contributed by atoms with van der Waals surface area (Å²) in [6, 6.07) is 10.2. The van der Waals surface area contributed by atoms with E-state index in [4.69, 9.17) is 5.73 Å². The van der Waals surface area contributed by atoms with Gasteiger partial charge in [-0.3, -0.25) is 14.4 Å². The molecule has 1 saturated heterocycles. The lowest BCUT2D eigenvalue weighted by Gasteiger charge is -2.36. The molecule has 2 heterocycles. The molecule has 1 atom stereocenters. The first kappa shape index (κ1) is 15.7. The highest BCUT2D eigenvalue weighted by Gasteiger charge is 2.38. The van der Waals surface area contributed by atoms with E-state index >= 15 is 0 Å². The number of nitrogens with two attached hydrogens (primary N) is 1. The minimum absolute atomic E-state index is 0.284. The van der Waals surface area contributed by atoms with Gasteiger partial charge in [-0.2, -0.15) is 5.10 Å². The van der Waals surface area contributed by atoms with Crippen molar-refractivity contribution >= 4 is 5.91 Å². The Balaban J connectivity index is 1.62. The van der Waals surface area contributed by atoms with Crippen LogP contribution in [0.1, 0.15) is 24.0 Å². The quantitative estimate of drug-likeness (QED) is 0.853. The van der Waals surface area contributed by atoms with Crippen LogP contribution in [0.25, 0.3) is 0 Å². The van der Waals surface area contributed by atoms with Gasteiger partial charge in [0.15, 0.2) is 5.60 Å². The molecule has 0 spiro atoms. The Morgan fingerprint density at radius 1 is 1.26 bits per heavy atom. The highest BCUT2D eigenvalue weighted by atomic mass is 16.3. The summed E-state index contributed by atoms with van der Waals surface area (Å²) in [6.07, 6.45) is 5.04. The third kappa shape index (κ3) is 3.78. The lowest BCUT2D eigenvalue weighted by molar-refractivity contribution is -0.142. The van der Waals surface area contributed by atoms with Crippen molar-refractivity contribution in [2.75, 3.05) is 13.1 Å². The van der Waals surface area contributed by atoms with Crippen LogP contribution in [0.4, 0.5) is 0 Å². The van der Waals surface area contributed by atoms with Crippen LogP contribution in [0.5, 0.6) is 0 Å². The van der Waals surface area contributed by atoms with Crippen molar-refractivity contribution in [1.29, 1.82) is 0 Å². The first-order chi connectivity index (χ1) is 11.0. The maximum absolute atomic E-state index is 11.4. The summed E-state index contributed by atoms with van der Waals surface area (Å²) in [6.45, 7) is 2.52. The molecule has 122 valence electrons. The van der Waals surface area contributed by atoms with Gasteiger partial charge in [-0.15, -0.1) is 0 Å². The Kier molecular flexibility index (Phi) is 4.45. The van der Waals surface area contributed by atoms with E-state index in [0.29, 0.717) is 13.0 Å². The number of carbonyl (C=O) groups excluding carboxylic acids is 1. The first-order valence-corrected chi connectivity index (χ1v) is 7.85. The number of hydrogen-bond donors (Lipinski definition) is 2. The molecule has 1 unspecified atom stereocenters. The van der Waals surface area contributed by atoms with Gasteiger partial charge in [0.1, 0.15) is 0 Å². The predicted molar refractivity (Wildman–Crippen MR) is 86.4 cm³/mol. The number of carbonyl (C=O) groups is 1. The predicted octanol–water partition coefficient (Wildman–Crippen LogP) is 0.744. The van der Waals surface area contributed by atoms with Gasteiger partial charge in [0.2, 0.25) is 0 Å². The first-order valence-electron chi connectivity index (χ1n) is 7.85. The molecule has 23 heavy (non-hydrogen) atoms. The zero-order valence-electron chi connectivity index (χ0n) is 13.1. The van der Waals surface area contributed by atoms with Crippen molar-refractivity contribution < 1.29 is 9.90 Å². The van der Waals surface area contributed by atoms with E-state index in [9.17, 15) is 9.90 Å². The fourth-order valence-corrected chi connectivity index (χ4v) is 3.06. The summed E-state index contributed by atoms with van der Waals surface area (Å²) >= 11 is 0. The number of amides is 1. The molecular formula is C17H22N4O2. The van der Waals surface area contributed by atoms with Gasteiger partial charge in [-0.05, 0) is 24.9 Å². The van der Waals surface area contributed by atoms with Crippen LogP contribution < -0.4 is 5.73 Å². The monoisotopic (exact) mass is 314 g/mol. The van der Waals surface area contributed by atoms with Crippen molar-refractivity contribution in [2.24, 2.45) is 5.73 Å². The molecule has 1 aliphatic heterocycles. The molecule has 1 aliphatic rings. The van der Waals surface area contributed by atoms with Crippen molar-refractivity contribution in [1.82, 2.24) is 14.7 Å². The van der Waals surface area contributed by atoms with E-state index in [-0.39, 0.29) is 6.54 Å². The van der Waals surface area contributed by atoms with Crippen LogP contribution in [-0.2, 0) is 17.9 Å². The molecule has 3 rings (SSSR count). The number of likely N-dealkylation sites (tertiary alicyclic amines) is 1. The van der Waals surface area contributed by atoms with Gasteiger partial charge in [0.05, 0.1) is 12.7 Å².